The maximum absolute atomic E-state index is 12.8. The first-order chi connectivity index (χ1) is 12.0. The lowest BCUT2D eigenvalue weighted by molar-refractivity contribution is -0.129. The quantitative estimate of drug-likeness (QED) is 0.699. The third-order valence-corrected chi connectivity index (χ3v) is 3.71. The predicted molar refractivity (Wildman–Crippen MR) is 89.2 cm³/mol. The van der Waals surface area contributed by atoms with E-state index in [9.17, 15) is 14.0 Å². The van der Waals surface area contributed by atoms with Crippen molar-refractivity contribution in [1.29, 1.82) is 0 Å². The van der Waals surface area contributed by atoms with Gasteiger partial charge in [0, 0.05) is 11.9 Å². The standard InChI is InChI=1S/C18H16FN3O3/c1-11(17(23)20-9-12-2-6-15(19)7-3-12)25-18(24)13-4-5-14-10-21-22-16(14)8-13/h2-8,10-11H,9H2,1H3,(H,20,23)(H,21,22)/t11-/m0/s1. The molecule has 0 saturated heterocycles. The molecule has 0 saturated carbocycles. The molecule has 3 aromatic rings. The number of esters is 1. The number of aromatic nitrogens is 2. The number of hydrogen-bond donors (Lipinski definition) is 2. The third kappa shape index (κ3) is 4.00. The van der Waals surface area contributed by atoms with Crippen molar-refractivity contribution in [1.82, 2.24) is 15.5 Å². The number of nitrogens with zero attached hydrogens (tertiary/aromatic N) is 1. The molecule has 1 amide bonds. The first kappa shape index (κ1) is 16.6. The molecular formula is C18H16FN3O3. The average Bonchev–Trinajstić information content (AvgIpc) is 3.08. The Morgan fingerprint density at radius 3 is 2.76 bits per heavy atom. The average molecular weight is 341 g/mol. The van der Waals surface area contributed by atoms with E-state index in [1.165, 1.54) is 19.1 Å². The number of amides is 1. The predicted octanol–water partition coefficient (Wildman–Crippen LogP) is 2.56. The van der Waals surface area contributed by atoms with Crippen molar-refractivity contribution in [3.63, 3.8) is 0 Å². The molecule has 0 fully saturated rings. The van der Waals surface area contributed by atoms with E-state index in [2.05, 4.69) is 15.5 Å². The van der Waals surface area contributed by atoms with Crippen LogP contribution in [0.25, 0.3) is 10.9 Å². The molecule has 3 rings (SSSR count). The molecule has 1 heterocycles. The lowest BCUT2D eigenvalue weighted by Crippen LogP contribution is -2.35. The number of halogens is 1. The van der Waals surface area contributed by atoms with Gasteiger partial charge in [-0.25, -0.2) is 9.18 Å². The fourth-order valence-corrected chi connectivity index (χ4v) is 2.28. The summed E-state index contributed by atoms with van der Waals surface area (Å²) in [6.45, 7) is 1.72. The van der Waals surface area contributed by atoms with E-state index < -0.39 is 18.0 Å². The van der Waals surface area contributed by atoms with Crippen molar-refractivity contribution < 1.29 is 18.7 Å². The highest BCUT2D eigenvalue weighted by atomic mass is 19.1. The second-order valence-electron chi connectivity index (χ2n) is 5.56. The minimum atomic E-state index is -0.953. The Balaban J connectivity index is 1.56. The van der Waals surface area contributed by atoms with Crippen LogP contribution in [0.1, 0.15) is 22.8 Å². The maximum atomic E-state index is 12.8. The second kappa shape index (κ2) is 7.12. The summed E-state index contributed by atoms with van der Waals surface area (Å²) in [6, 6.07) is 10.8. The van der Waals surface area contributed by atoms with Crippen LogP contribution < -0.4 is 5.32 Å². The summed E-state index contributed by atoms with van der Waals surface area (Å²) in [7, 11) is 0. The van der Waals surface area contributed by atoms with Crippen LogP contribution in [-0.2, 0) is 16.1 Å². The maximum Gasteiger partial charge on any atom is 0.338 e. The fourth-order valence-electron chi connectivity index (χ4n) is 2.28. The summed E-state index contributed by atoms with van der Waals surface area (Å²) in [6.07, 6.45) is 0.695. The number of aromatic amines is 1. The first-order valence-electron chi connectivity index (χ1n) is 7.69. The van der Waals surface area contributed by atoms with Gasteiger partial charge in [-0.3, -0.25) is 9.89 Å². The summed E-state index contributed by atoms with van der Waals surface area (Å²) < 4.78 is 18.0. The molecule has 7 heteroatoms. The molecule has 0 bridgehead atoms. The van der Waals surface area contributed by atoms with E-state index in [0.717, 1.165) is 10.9 Å². The van der Waals surface area contributed by atoms with Crippen LogP contribution >= 0.6 is 0 Å². The zero-order valence-electron chi connectivity index (χ0n) is 13.5. The van der Waals surface area contributed by atoms with E-state index in [0.29, 0.717) is 11.1 Å². The van der Waals surface area contributed by atoms with Crippen LogP contribution in [0, 0.1) is 5.82 Å². The number of hydrogen-bond acceptors (Lipinski definition) is 4. The van der Waals surface area contributed by atoms with Crippen molar-refractivity contribution in [3.8, 4) is 0 Å². The van der Waals surface area contributed by atoms with Crippen LogP contribution in [0.15, 0.2) is 48.7 Å². The van der Waals surface area contributed by atoms with E-state index in [-0.39, 0.29) is 12.4 Å². The SMILES string of the molecule is C[C@H](OC(=O)c1ccc2cn[nH]c2c1)C(=O)NCc1ccc(F)cc1. The summed E-state index contributed by atoms with van der Waals surface area (Å²) in [5.74, 6) is -1.37. The Bertz CT molecular complexity index is 905. The van der Waals surface area contributed by atoms with Crippen molar-refractivity contribution in [3.05, 3.63) is 65.6 Å². The van der Waals surface area contributed by atoms with E-state index in [1.54, 1.807) is 36.5 Å². The van der Waals surface area contributed by atoms with Gasteiger partial charge < -0.3 is 10.1 Å². The molecule has 128 valence electrons. The van der Waals surface area contributed by atoms with Gasteiger partial charge >= 0.3 is 5.97 Å². The molecule has 0 aliphatic rings. The van der Waals surface area contributed by atoms with Crippen LogP contribution in [0.3, 0.4) is 0 Å². The molecule has 0 aliphatic carbocycles. The lowest BCUT2D eigenvalue weighted by atomic mass is 10.2. The molecule has 6 nitrogen and oxygen atoms in total. The van der Waals surface area contributed by atoms with Gasteiger partial charge in [0.15, 0.2) is 6.10 Å². The highest BCUT2D eigenvalue weighted by Crippen LogP contribution is 2.14. The van der Waals surface area contributed by atoms with Gasteiger partial charge in [0.1, 0.15) is 5.82 Å². The van der Waals surface area contributed by atoms with Gasteiger partial charge in [-0.05, 0) is 36.8 Å². The number of nitrogens with one attached hydrogen (secondary N) is 2. The van der Waals surface area contributed by atoms with Crippen molar-refractivity contribution >= 4 is 22.8 Å². The molecule has 2 N–H and O–H groups in total. The largest absolute Gasteiger partial charge is 0.449 e. The zero-order valence-corrected chi connectivity index (χ0v) is 13.5. The number of rotatable bonds is 5. The van der Waals surface area contributed by atoms with Crippen molar-refractivity contribution in [2.24, 2.45) is 0 Å². The topological polar surface area (TPSA) is 84.1 Å². The van der Waals surface area contributed by atoms with Gasteiger partial charge in [-0.2, -0.15) is 5.10 Å². The summed E-state index contributed by atoms with van der Waals surface area (Å²) in [5, 5.41) is 10.2. The fraction of sp³-hybridized carbons (Fsp3) is 0.167. The highest BCUT2D eigenvalue weighted by molar-refractivity contribution is 5.95. The van der Waals surface area contributed by atoms with Crippen LogP contribution in [0.5, 0.6) is 0 Å². The molecular weight excluding hydrogens is 325 g/mol. The van der Waals surface area contributed by atoms with E-state index >= 15 is 0 Å². The van der Waals surface area contributed by atoms with Gasteiger partial charge in [-0.15, -0.1) is 0 Å². The van der Waals surface area contributed by atoms with Crippen molar-refractivity contribution in [2.75, 3.05) is 0 Å². The van der Waals surface area contributed by atoms with Crippen LogP contribution in [-0.4, -0.2) is 28.2 Å². The molecule has 0 radical (unpaired) electrons. The van der Waals surface area contributed by atoms with Gasteiger partial charge in [0.25, 0.3) is 5.91 Å². The Kier molecular flexibility index (Phi) is 4.74. The number of ether oxygens (including phenoxy) is 1. The van der Waals surface area contributed by atoms with Crippen LogP contribution in [0.2, 0.25) is 0 Å². The number of carbonyl (C=O) groups is 2. The van der Waals surface area contributed by atoms with Gasteiger partial charge in [0.05, 0.1) is 17.3 Å². The Hall–Kier alpha value is -3.22. The summed E-state index contributed by atoms with van der Waals surface area (Å²) in [4.78, 5) is 24.2. The van der Waals surface area contributed by atoms with Gasteiger partial charge in [-0.1, -0.05) is 18.2 Å². The minimum Gasteiger partial charge on any atom is -0.449 e. The molecule has 1 aromatic heterocycles. The number of fused-ring (bicyclic) bond motifs is 1. The molecule has 0 unspecified atom stereocenters. The van der Waals surface area contributed by atoms with Crippen molar-refractivity contribution in [2.45, 2.75) is 19.6 Å². The highest BCUT2D eigenvalue weighted by Gasteiger charge is 2.19. The molecule has 0 spiro atoms. The first-order valence-corrected chi connectivity index (χ1v) is 7.69. The van der Waals surface area contributed by atoms with E-state index in [4.69, 9.17) is 4.74 Å². The molecule has 0 aliphatic heterocycles. The Morgan fingerprint density at radius 1 is 1.24 bits per heavy atom. The zero-order chi connectivity index (χ0) is 17.8. The number of benzene rings is 2. The molecule has 1 atom stereocenters. The molecule has 2 aromatic carbocycles. The third-order valence-electron chi connectivity index (χ3n) is 3.71. The van der Waals surface area contributed by atoms with Crippen LogP contribution in [0.4, 0.5) is 4.39 Å². The lowest BCUT2D eigenvalue weighted by Gasteiger charge is -2.13. The van der Waals surface area contributed by atoms with E-state index in [1.807, 2.05) is 0 Å². The summed E-state index contributed by atoms with van der Waals surface area (Å²) >= 11 is 0. The normalized spacial score (nSPS) is 11.9. The second-order valence-corrected chi connectivity index (χ2v) is 5.56. The number of H-pyrrole nitrogens is 1. The Labute approximate surface area is 143 Å². The Morgan fingerprint density at radius 2 is 2.00 bits per heavy atom. The minimum absolute atomic E-state index is 0.223. The smallest absolute Gasteiger partial charge is 0.338 e. The summed E-state index contributed by atoms with van der Waals surface area (Å²) in [5.41, 5.74) is 1.79. The molecule has 25 heavy (non-hydrogen) atoms. The number of carbonyl (C=O) groups excluding carboxylic acids is 2. The monoisotopic (exact) mass is 341 g/mol. The van der Waals surface area contributed by atoms with Gasteiger partial charge in [0.2, 0.25) is 0 Å².